The van der Waals surface area contributed by atoms with Crippen molar-refractivity contribution in [3.8, 4) is 0 Å². The lowest BCUT2D eigenvalue weighted by atomic mass is 9.96. The maximum absolute atomic E-state index is 12.7. The molecule has 1 N–H and O–H groups in total. The second-order valence-corrected chi connectivity index (χ2v) is 7.72. The fourth-order valence-electron chi connectivity index (χ4n) is 3.45. The minimum atomic E-state index is -0.169. The van der Waals surface area contributed by atoms with E-state index in [0.717, 1.165) is 24.1 Å². The number of likely N-dealkylation sites (tertiary alicyclic amines) is 1. The first-order chi connectivity index (χ1) is 12.9. The number of hydrogen-bond acceptors (Lipinski definition) is 2. The second kappa shape index (κ2) is 8.38. The van der Waals surface area contributed by atoms with Crippen LogP contribution in [0.4, 0.5) is 5.69 Å². The molecule has 4 nitrogen and oxygen atoms in total. The molecule has 3 rings (SSSR count). The highest BCUT2D eigenvalue weighted by Gasteiger charge is 2.29. The minimum absolute atomic E-state index is 0.00583. The highest BCUT2D eigenvalue weighted by atomic mass is 16.2. The van der Waals surface area contributed by atoms with E-state index in [4.69, 9.17) is 0 Å². The molecule has 2 aromatic carbocycles. The van der Waals surface area contributed by atoms with Crippen LogP contribution in [0, 0.1) is 12.8 Å². The Balaban J connectivity index is 1.62. The van der Waals surface area contributed by atoms with E-state index in [1.165, 1.54) is 5.56 Å². The Morgan fingerprint density at radius 1 is 1.04 bits per heavy atom. The van der Waals surface area contributed by atoms with Crippen molar-refractivity contribution in [2.45, 2.75) is 39.5 Å². The van der Waals surface area contributed by atoms with Gasteiger partial charge < -0.3 is 10.2 Å². The van der Waals surface area contributed by atoms with Gasteiger partial charge in [0, 0.05) is 24.3 Å². The lowest BCUT2D eigenvalue weighted by molar-refractivity contribution is -0.121. The summed E-state index contributed by atoms with van der Waals surface area (Å²) in [7, 11) is 0. The van der Waals surface area contributed by atoms with Gasteiger partial charge in [0.15, 0.2) is 0 Å². The monoisotopic (exact) mass is 364 g/mol. The fourth-order valence-corrected chi connectivity index (χ4v) is 3.45. The van der Waals surface area contributed by atoms with Crippen molar-refractivity contribution in [1.82, 2.24) is 4.90 Å². The number of benzene rings is 2. The van der Waals surface area contributed by atoms with Crippen LogP contribution in [0.15, 0.2) is 48.5 Å². The SMILES string of the molecule is Cc1ccc(C(=O)N2CCCC(C(=O)Nc3ccc(C(C)C)cc3)C2)cc1. The molecule has 1 aliphatic heterocycles. The lowest BCUT2D eigenvalue weighted by Gasteiger charge is -2.32. The summed E-state index contributed by atoms with van der Waals surface area (Å²) >= 11 is 0. The molecule has 2 amide bonds. The molecule has 1 saturated heterocycles. The number of hydrogen-bond donors (Lipinski definition) is 1. The summed E-state index contributed by atoms with van der Waals surface area (Å²) in [5.74, 6) is 0.301. The molecule has 2 aromatic rings. The second-order valence-electron chi connectivity index (χ2n) is 7.72. The number of nitrogens with one attached hydrogen (secondary N) is 1. The average molecular weight is 364 g/mol. The Labute approximate surface area is 161 Å². The Morgan fingerprint density at radius 2 is 1.70 bits per heavy atom. The third-order valence-corrected chi connectivity index (χ3v) is 5.22. The van der Waals surface area contributed by atoms with Crippen LogP contribution in [0.25, 0.3) is 0 Å². The van der Waals surface area contributed by atoms with Crippen LogP contribution < -0.4 is 5.32 Å². The highest BCUT2D eigenvalue weighted by molar-refractivity contribution is 5.96. The lowest BCUT2D eigenvalue weighted by Crippen LogP contribution is -2.43. The smallest absolute Gasteiger partial charge is 0.253 e. The van der Waals surface area contributed by atoms with Crippen molar-refractivity contribution in [2.24, 2.45) is 5.92 Å². The molecule has 0 bridgehead atoms. The molecule has 0 saturated carbocycles. The van der Waals surface area contributed by atoms with Gasteiger partial charge in [0.2, 0.25) is 5.91 Å². The molecule has 0 aromatic heterocycles. The third-order valence-electron chi connectivity index (χ3n) is 5.22. The first-order valence-corrected chi connectivity index (χ1v) is 9.71. The predicted molar refractivity (Wildman–Crippen MR) is 109 cm³/mol. The van der Waals surface area contributed by atoms with Crippen LogP contribution in [0.2, 0.25) is 0 Å². The van der Waals surface area contributed by atoms with E-state index in [1.807, 2.05) is 55.5 Å². The van der Waals surface area contributed by atoms with E-state index >= 15 is 0 Å². The molecular formula is C23H28N2O2. The maximum Gasteiger partial charge on any atom is 0.253 e. The van der Waals surface area contributed by atoms with Crippen molar-refractivity contribution in [2.75, 3.05) is 18.4 Å². The van der Waals surface area contributed by atoms with Crippen LogP contribution in [-0.2, 0) is 4.79 Å². The van der Waals surface area contributed by atoms with Crippen LogP contribution in [-0.4, -0.2) is 29.8 Å². The van der Waals surface area contributed by atoms with E-state index in [2.05, 4.69) is 19.2 Å². The Morgan fingerprint density at radius 3 is 2.33 bits per heavy atom. The minimum Gasteiger partial charge on any atom is -0.338 e. The van der Waals surface area contributed by atoms with Gasteiger partial charge in [0.05, 0.1) is 5.92 Å². The molecule has 27 heavy (non-hydrogen) atoms. The first-order valence-electron chi connectivity index (χ1n) is 9.71. The Bertz CT molecular complexity index is 794. The molecule has 1 aliphatic rings. The predicted octanol–water partition coefficient (Wildman–Crippen LogP) is 4.61. The van der Waals surface area contributed by atoms with Gasteiger partial charge in [0.1, 0.15) is 0 Å². The van der Waals surface area contributed by atoms with Gasteiger partial charge in [-0.25, -0.2) is 0 Å². The van der Waals surface area contributed by atoms with E-state index in [-0.39, 0.29) is 17.7 Å². The quantitative estimate of drug-likeness (QED) is 0.861. The summed E-state index contributed by atoms with van der Waals surface area (Å²) in [5, 5.41) is 3.01. The Kier molecular flexibility index (Phi) is 5.94. The van der Waals surface area contributed by atoms with Crippen molar-refractivity contribution in [3.63, 3.8) is 0 Å². The third kappa shape index (κ3) is 4.76. The van der Waals surface area contributed by atoms with Gasteiger partial charge in [-0.2, -0.15) is 0 Å². The zero-order chi connectivity index (χ0) is 19.4. The van der Waals surface area contributed by atoms with Crippen LogP contribution in [0.3, 0.4) is 0 Å². The number of anilines is 1. The van der Waals surface area contributed by atoms with Gasteiger partial charge in [-0.3, -0.25) is 9.59 Å². The van der Waals surface area contributed by atoms with Gasteiger partial charge in [-0.05, 0) is 55.5 Å². The van der Waals surface area contributed by atoms with Crippen LogP contribution >= 0.6 is 0 Å². The highest BCUT2D eigenvalue weighted by Crippen LogP contribution is 2.22. The molecule has 142 valence electrons. The van der Waals surface area contributed by atoms with Gasteiger partial charge in [0.25, 0.3) is 5.91 Å². The zero-order valence-corrected chi connectivity index (χ0v) is 16.4. The van der Waals surface area contributed by atoms with Crippen molar-refractivity contribution < 1.29 is 9.59 Å². The molecule has 1 atom stereocenters. The number of piperidine rings is 1. The molecule has 1 fully saturated rings. The molecular weight excluding hydrogens is 336 g/mol. The van der Waals surface area contributed by atoms with Crippen LogP contribution in [0.5, 0.6) is 0 Å². The van der Waals surface area contributed by atoms with E-state index in [0.29, 0.717) is 24.6 Å². The molecule has 0 radical (unpaired) electrons. The van der Waals surface area contributed by atoms with E-state index in [9.17, 15) is 9.59 Å². The number of carbonyl (C=O) groups excluding carboxylic acids is 2. The number of nitrogens with zero attached hydrogens (tertiary/aromatic N) is 1. The number of aryl methyl sites for hydroxylation is 1. The largest absolute Gasteiger partial charge is 0.338 e. The fraction of sp³-hybridized carbons (Fsp3) is 0.391. The molecule has 1 unspecified atom stereocenters. The average Bonchev–Trinajstić information content (AvgIpc) is 2.68. The van der Waals surface area contributed by atoms with E-state index in [1.54, 1.807) is 4.90 Å². The normalized spacial score (nSPS) is 17.0. The summed E-state index contributed by atoms with van der Waals surface area (Å²) in [5.41, 5.74) is 3.88. The maximum atomic E-state index is 12.7. The molecule has 4 heteroatoms. The van der Waals surface area contributed by atoms with Crippen molar-refractivity contribution in [1.29, 1.82) is 0 Å². The summed E-state index contributed by atoms with van der Waals surface area (Å²) in [4.78, 5) is 27.2. The van der Waals surface area contributed by atoms with Crippen LogP contribution in [0.1, 0.15) is 54.1 Å². The molecule has 0 spiro atoms. The molecule has 1 heterocycles. The number of rotatable bonds is 4. The molecule has 0 aliphatic carbocycles. The Hall–Kier alpha value is -2.62. The summed E-state index contributed by atoms with van der Waals surface area (Å²) < 4.78 is 0. The summed E-state index contributed by atoms with van der Waals surface area (Å²) in [6.45, 7) is 7.48. The van der Waals surface area contributed by atoms with Crippen molar-refractivity contribution in [3.05, 3.63) is 65.2 Å². The van der Waals surface area contributed by atoms with Gasteiger partial charge in [-0.15, -0.1) is 0 Å². The first kappa shape index (κ1) is 19.2. The zero-order valence-electron chi connectivity index (χ0n) is 16.4. The standard InChI is InChI=1S/C23H28N2O2/c1-16(2)18-10-12-21(13-11-18)24-22(26)20-5-4-14-25(15-20)23(27)19-8-6-17(3)7-9-19/h6-13,16,20H,4-5,14-15H2,1-3H3,(H,24,26). The van der Waals surface area contributed by atoms with Gasteiger partial charge in [-0.1, -0.05) is 43.7 Å². The number of amides is 2. The summed E-state index contributed by atoms with van der Waals surface area (Å²) in [6.07, 6.45) is 1.66. The topological polar surface area (TPSA) is 49.4 Å². The number of carbonyl (C=O) groups is 2. The summed E-state index contributed by atoms with van der Waals surface area (Å²) in [6, 6.07) is 15.6. The van der Waals surface area contributed by atoms with E-state index < -0.39 is 0 Å². The van der Waals surface area contributed by atoms with Crippen molar-refractivity contribution >= 4 is 17.5 Å². The van der Waals surface area contributed by atoms with Gasteiger partial charge >= 0.3 is 0 Å².